The molecular formula is C19H22N4O3. The first-order chi connectivity index (χ1) is 12.5. The SMILES string of the molecule is CC(=O)NCc1cc(C2CCCN2C(=O)c2ccc(=O)n(C)c2)ccn1. The Labute approximate surface area is 151 Å². The van der Waals surface area contributed by atoms with Crippen molar-refractivity contribution >= 4 is 11.8 Å². The normalized spacial score (nSPS) is 16.5. The second-order valence-corrected chi connectivity index (χ2v) is 6.51. The first-order valence-electron chi connectivity index (χ1n) is 8.62. The van der Waals surface area contributed by atoms with Crippen LogP contribution in [0.1, 0.15) is 47.4 Å². The third-order valence-corrected chi connectivity index (χ3v) is 4.59. The molecule has 2 aromatic heterocycles. The Hall–Kier alpha value is -2.96. The zero-order valence-electron chi connectivity index (χ0n) is 14.9. The number of carbonyl (C=O) groups is 2. The van der Waals surface area contributed by atoms with Crippen molar-refractivity contribution in [2.75, 3.05) is 6.54 Å². The lowest BCUT2D eigenvalue weighted by Crippen LogP contribution is -2.31. The van der Waals surface area contributed by atoms with E-state index in [4.69, 9.17) is 0 Å². The van der Waals surface area contributed by atoms with E-state index in [0.717, 1.165) is 24.1 Å². The standard InChI is InChI=1S/C19H22N4O3/c1-13(24)21-11-16-10-14(7-8-20-16)17-4-3-9-23(17)19(26)15-5-6-18(25)22(2)12-15/h5-8,10,12,17H,3-4,9,11H2,1-2H3,(H,21,24). The van der Waals surface area contributed by atoms with Gasteiger partial charge in [-0.25, -0.2) is 0 Å². The van der Waals surface area contributed by atoms with Crippen molar-refractivity contribution < 1.29 is 9.59 Å². The molecule has 0 bridgehead atoms. The second-order valence-electron chi connectivity index (χ2n) is 6.51. The van der Waals surface area contributed by atoms with Crippen LogP contribution in [0.2, 0.25) is 0 Å². The molecule has 7 heteroatoms. The van der Waals surface area contributed by atoms with Gasteiger partial charge in [-0.2, -0.15) is 0 Å². The lowest BCUT2D eigenvalue weighted by Gasteiger charge is -2.25. The molecule has 1 aliphatic rings. The van der Waals surface area contributed by atoms with Crippen LogP contribution in [0.5, 0.6) is 0 Å². The van der Waals surface area contributed by atoms with Gasteiger partial charge in [0.25, 0.3) is 5.91 Å². The predicted molar refractivity (Wildman–Crippen MR) is 96.5 cm³/mol. The summed E-state index contributed by atoms with van der Waals surface area (Å²) in [5, 5.41) is 2.74. The summed E-state index contributed by atoms with van der Waals surface area (Å²) in [7, 11) is 1.64. The van der Waals surface area contributed by atoms with Crippen molar-refractivity contribution in [3.63, 3.8) is 0 Å². The number of pyridine rings is 2. The molecule has 0 saturated carbocycles. The van der Waals surface area contributed by atoms with Crippen molar-refractivity contribution in [1.29, 1.82) is 0 Å². The fourth-order valence-electron chi connectivity index (χ4n) is 3.26. The monoisotopic (exact) mass is 354 g/mol. The molecule has 0 spiro atoms. The molecule has 0 radical (unpaired) electrons. The van der Waals surface area contributed by atoms with Crippen molar-refractivity contribution in [2.24, 2.45) is 7.05 Å². The topological polar surface area (TPSA) is 84.3 Å². The summed E-state index contributed by atoms with van der Waals surface area (Å²) in [5.41, 5.74) is 2.14. The number of nitrogens with zero attached hydrogens (tertiary/aromatic N) is 3. The number of carbonyl (C=O) groups excluding carboxylic acids is 2. The van der Waals surface area contributed by atoms with Crippen LogP contribution in [0.4, 0.5) is 0 Å². The van der Waals surface area contributed by atoms with E-state index in [2.05, 4.69) is 10.3 Å². The maximum Gasteiger partial charge on any atom is 0.255 e. The van der Waals surface area contributed by atoms with Gasteiger partial charge in [0.05, 0.1) is 23.8 Å². The van der Waals surface area contributed by atoms with Gasteiger partial charge in [0, 0.05) is 39.0 Å². The number of rotatable bonds is 4. The van der Waals surface area contributed by atoms with E-state index in [0.29, 0.717) is 18.7 Å². The Morgan fingerprint density at radius 3 is 2.85 bits per heavy atom. The minimum atomic E-state index is -0.142. The Kier molecular flexibility index (Phi) is 5.16. The molecule has 0 aromatic carbocycles. The largest absolute Gasteiger partial charge is 0.351 e. The van der Waals surface area contributed by atoms with Gasteiger partial charge in [-0.15, -0.1) is 0 Å². The molecule has 3 rings (SSSR count). The number of hydrogen-bond acceptors (Lipinski definition) is 4. The molecule has 1 N–H and O–H groups in total. The molecule has 2 amide bonds. The van der Waals surface area contributed by atoms with Crippen LogP contribution in [0, 0.1) is 0 Å². The van der Waals surface area contributed by atoms with Gasteiger partial charge in [0.1, 0.15) is 0 Å². The summed E-state index contributed by atoms with van der Waals surface area (Å²) >= 11 is 0. The van der Waals surface area contributed by atoms with E-state index >= 15 is 0 Å². The van der Waals surface area contributed by atoms with E-state index in [1.54, 1.807) is 25.5 Å². The van der Waals surface area contributed by atoms with Gasteiger partial charge < -0.3 is 14.8 Å². The quantitative estimate of drug-likeness (QED) is 0.899. The number of likely N-dealkylation sites (tertiary alicyclic amines) is 1. The van der Waals surface area contributed by atoms with Crippen LogP contribution in [0.25, 0.3) is 0 Å². The number of hydrogen-bond donors (Lipinski definition) is 1. The molecule has 7 nitrogen and oxygen atoms in total. The minimum Gasteiger partial charge on any atom is -0.351 e. The fourth-order valence-corrected chi connectivity index (χ4v) is 3.26. The summed E-state index contributed by atoms with van der Waals surface area (Å²) in [4.78, 5) is 41.7. The van der Waals surface area contributed by atoms with E-state index < -0.39 is 0 Å². The Morgan fingerprint density at radius 2 is 2.12 bits per heavy atom. The second kappa shape index (κ2) is 7.51. The van der Waals surface area contributed by atoms with Gasteiger partial charge in [-0.3, -0.25) is 19.4 Å². The van der Waals surface area contributed by atoms with Crippen LogP contribution in [-0.4, -0.2) is 32.8 Å². The zero-order chi connectivity index (χ0) is 18.7. The summed E-state index contributed by atoms with van der Waals surface area (Å²) in [6.45, 7) is 2.51. The number of amides is 2. The molecule has 1 atom stereocenters. The van der Waals surface area contributed by atoms with Crippen LogP contribution in [0.3, 0.4) is 0 Å². The third-order valence-electron chi connectivity index (χ3n) is 4.59. The molecule has 2 aromatic rings. The zero-order valence-corrected chi connectivity index (χ0v) is 14.9. The van der Waals surface area contributed by atoms with Crippen molar-refractivity contribution in [3.05, 3.63) is 63.8 Å². The van der Waals surface area contributed by atoms with Crippen LogP contribution < -0.4 is 10.9 Å². The maximum atomic E-state index is 12.9. The number of aryl methyl sites for hydroxylation is 1. The fraction of sp³-hybridized carbons (Fsp3) is 0.368. The molecule has 1 aliphatic heterocycles. The lowest BCUT2D eigenvalue weighted by atomic mass is 10.0. The molecule has 3 heterocycles. The van der Waals surface area contributed by atoms with E-state index in [1.165, 1.54) is 17.6 Å². The first-order valence-corrected chi connectivity index (χ1v) is 8.62. The van der Waals surface area contributed by atoms with E-state index in [1.807, 2.05) is 17.0 Å². The Morgan fingerprint density at radius 1 is 1.31 bits per heavy atom. The highest BCUT2D eigenvalue weighted by Crippen LogP contribution is 2.33. The van der Waals surface area contributed by atoms with Gasteiger partial charge >= 0.3 is 0 Å². The van der Waals surface area contributed by atoms with E-state index in [9.17, 15) is 14.4 Å². The highest BCUT2D eigenvalue weighted by atomic mass is 16.2. The average Bonchev–Trinajstić information content (AvgIpc) is 3.11. The van der Waals surface area contributed by atoms with Gasteiger partial charge in [0.15, 0.2) is 0 Å². The van der Waals surface area contributed by atoms with Gasteiger partial charge in [-0.1, -0.05) is 0 Å². The molecular weight excluding hydrogens is 332 g/mol. The molecule has 26 heavy (non-hydrogen) atoms. The highest BCUT2D eigenvalue weighted by molar-refractivity contribution is 5.94. The smallest absolute Gasteiger partial charge is 0.255 e. The predicted octanol–water partition coefficient (Wildman–Crippen LogP) is 1.39. The molecule has 1 saturated heterocycles. The molecule has 1 fully saturated rings. The average molecular weight is 354 g/mol. The van der Waals surface area contributed by atoms with Crippen molar-refractivity contribution in [2.45, 2.75) is 32.4 Å². The summed E-state index contributed by atoms with van der Waals surface area (Å²) in [5.74, 6) is -0.187. The third kappa shape index (κ3) is 3.82. The number of nitrogens with one attached hydrogen (secondary N) is 1. The van der Waals surface area contributed by atoms with Crippen molar-refractivity contribution in [3.8, 4) is 0 Å². The lowest BCUT2D eigenvalue weighted by molar-refractivity contribution is -0.119. The van der Waals surface area contributed by atoms with E-state index in [-0.39, 0.29) is 23.4 Å². The molecule has 136 valence electrons. The van der Waals surface area contributed by atoms with Crippen molar-refractivity contribution in [1.82, 2.24) is 19.8 Å². The maximum absolute atomic E-state index is 12.9. The molecule has 1 unspecified atom stereocenters. The highest BCUT2D eigenvalue weighted by Gasteiger charge is 2.31. The summed E-state index contributed by atoms with van der Waals surface area (Å²) in [6.07, 6.45) is 5.08. The van der Waals surface area contributed by atoms with Gasteiger partial charge in [-0.05, 0) is 36.6 Å². The number of aromatic nitrogens is 2. The van der Waals surface area contributed by atoms with Crippen LogP contribution in [0.15, 0.2) is 41.5 Å². The first kappa shape index (κ1) is 17.8. The van der Waals surface area contributed by atoms with Crippen LogP contribution in [-0.2, 0) is 18.4 Å². The Balaban J connectivity index is 1.82. The minimum absolute atomic E-state index is 0.0289. The molecule has 0 aliphatic carbocycles. The van der Waals surface area contributed by atoms with Crippen LogP contribution >= 0.6 is 0 Å². The Bertz CT molecular complexity index is 890. The summed E-state index contributed by atoms with van der Waals surface area (Å²) in [6, 6.07) is 6.81. The van der Waals surface area contributed by atoms with Gasteiger partial charge in [0.2, 0.25) is 11.5 Å². The summed E-state index contributed by atoms with van der Waals surface area (Å²) < 4.78 is 1.41.